The van der Waals surface area contributed by atoms with Crippen LogP contribution in [0.3, 0.4) is 0 Å². The summed E-state index contributed by atoms with van der Waals surface area (Å²) in [6.45, 7) is 4.48. The molecule has 0 fully saturated rings. The molecule has 8 nitrogen and oxygen atoms in total. The molecule has 0 radical (unpaired) electrons. The summed E-state index contributed by atoms with van der Waals surface area (Å²) in [4.78, 5) is 36.9. The Hall–Kier alpha value is -2.97. The van der Waals surface area contributed by atoms with Gasteiger partial charge in [-0.25, -0.2) is 0 Å². The molecule has 0 saturated heterocycles. The minimum Gasteiger partial charge on any atom is -0.544 e. The van der Waals surface area contributed by atoms with Crippen LogP contribution in [-0.4, -0.2) is 75.5 Å². The molecule has 0 spiro atoms. The van der Waals surface area contributed by atoms with Crippen molar-refractivity contribution < 1.29 is 38.2 Å². The van der Waals surface area contributed by atoms with Gasteiger partial charge >= 0.3 is 11.9 Å². The molecule has 0 aromatic carbocycles. The number of hydrogen-bond acceptors (Lipinski definition) is 7. The van der Waals surface area contributed by atoms with Crippen LogP contribution in [0.2, 0.25) is 0 Å². The summed E-state index contributed by atoms with van der Waals surface area (Å²) in [5.74, 6) is -1.77. The normalized spacial score (nSPS) is 13.5. The number of carboxylic acids is 1. The van der Waals surface area contributed by atoms with Crippen molar-refractivity contribution in [2.75, 3.05) is 41.0 Å². The standard InChI is InChI=1S/C48H83NO7/c1-6-8-10-12-14-16-18-20-22-23-25-27-29-31-33-35-37-39-47(51)56-44(42-54-41-40-45(48(52)53)49(3,4)5)43-55-46(50)38-36-34-32-30-28-26-24-21-19-17-15-13-11-9-7-2/h9,11,13,15,17,19-22,24,44-45H,6-8,10,12,14,16,18,23,25-43H2,1-5H3/b11-9+,15-13+,19-17+,22-20+,24-21+. The molecule has 0 saturated carbocycles. The molecular weight excluding hydrogens is 703 g/mol. The van der Waals surface area contributed by atoms with Crippen LogP contribution in [-0.2, 0) is 28.6 Å². The van der Waals surface area contributed by atoms with Gasteiger partial charge in [-0.15, -0.1) is 0 Å². The van der Waals surface area contributed by atoms with Crippen molar-refractivity contribution in [3.8, 4) is 0 Å². The van der Waals surface area contributed by atoms with Gasteiger partial charge in [-0.3, -0.25) is 9.59 Å². The van der Waals surface area contributed by atoms with Gasteiger partial charge in [0.05, 0.1) is 40.3 Å². The fraction of sp³-hybridized carbons (Fsp3) is 0.729. The number of hydrogen-bond donors (Lipinski definition) is 0. The number of esters is 2. The Kier molecular flexibility index (Phi) is 36.8. The maximum absolute atomic E-state index is 12.7. The van der Waals surface area contributed by atoms with Crippen molar-refractivity contribution in [3.05, 3.63) is 60.8 Å². The Morgan fingerprint density at radius 1 is 0.554 bits per heavy atom. The van der Waals surface area contributed by atoms with Crippen molar-refractivity contribution in [1.29, 1.82) is 0 Å². The zero-order chi connectivity index (χ0) is 41.4. The zero-order valence-electron chi connectivity index (χ0n) is 36.5. The highest BCUT2D eigenvalue weighted by Crippen LogP contribution is 2.14. The maximum atomic E-state index is 12.7. The van der Waals surface area contributed by atoms with Crippen LogP contribution in [0.25, 0.3) is 0 Å². The van der Waals surface area contributed by atoms with Gasteiger partial charge in [0.15, 0.2) is 6.10 Å². The molecule has 0 N–H and O–H groups in total. The highest BCUT2D eigenvalue weighted by Gasteiger charge is 2.25. The largest absolute Gasteiger partial charge is 0.544 e. The number of carbonyl (C=O) groups excluding carboxylic acids is 3. The summed E-state index contributed by atoms with van der Waals surface area (Å²) in [5, 5.41) is 11.6. The number of quaternary nitrogens is 1. The molecule has 0 bridgehead atoms. The number of rotatable bonds is 39. The molecule has 0 aliphatic rings. The van der Waals surface area contributed by atoms with E-state index in [0.717, 1.165) is 64.2 Å². The van der Waals surface area contributed by atoms with E-state index < -0.39 is 18.1 Å². The summed E-state index contributed by atoms with van der Waals surface area (Å²) in [7, 11) is 5.39. The minimum atomic E-state index is -1.13. The molecule has 0 aliphatic heterocycles. The molecular formula is C48H83NO7. The lowest BCUT2D eigenvalue weighted by Gasteiger charge is -2.34. The number of carboxylic acid groups (broad SMARTS) is 1. The summed E-state index contributed by atoms with van der Waals surface area (Å²) in [5.41, 5.74) is 0. The van der Waals surface area contributed by atoms with Crippen LogP contribution >= 0.6 is 0 Å². The number of nitrogens with zero attached hydrogens (tertiary/aromatic N) is 1. The van der Waals surface area contributed by atoms with Gasteiger partial charge < -0.3 is 28.6 Å². The number of aliphatic carboxylic acids is 1. The summed E-state index contributed by atoms with van der Waals surface area (Å²) in [6.07, 6.45) is 46.7. The third kappa shape index (κ3) is 36.7. The molecule has 2 atom stereocenters. The quantitative estimate of drug-likeness (QED) is 0.0201. The fourth-order valence-electron chi connectivity index (χ4n) is 6.25. The summed E-state index contributed by atoms with van der Waals surface area (Å²) >= 11 is 0. The molecule has 0 heterocycles. The predicted molar refractivity (Wildman–Crippen MR) is 231 cm³/mol. The Morgan fingerprint density at radius 3 is 1.54 bits per heavy atom. The van der Waals surface area contributed by atoms with E-state index in [-0.39, 0.29) is 42.7 Å². The summed E-state index contributed by atoms with van der Waals surface area (Å²) in [6, 6.07) is -0.732. The molecule has 56 heavy (non-hydrogen) atoms. The lowest BCUT2D eigenvalue weighted by molar-refractivity contribution is -0.889. The van der Waals surface area contributed by atoms with E-state index >= 15 is 0 Å². The summed E-state index contributed by atoms with van der Waals surface area (Å²) < 4.78 is 17.1. The topological polar surface area (TPSA) is 102 Å². The molecule has 2 unspecified atom stereocenters. The zero-order valence-corrected chi connectivity index (χ0v) is 36.5. The molecule has 322 valence electrons. The van der Waals surface area contributed by atoms with E-state index in [2.05, 4.69) is 44.2 Å². The number of allylic oxidation sites excluding steroid dienone is 10. The SMILES string of the molecule is CC/C=C/C=C/C=C/C=C/CCCCCCCC(=O)OCC(COCCC(C(=O)[O-])[N+](C)(C)C)OC(=O)CCCCCCCCC/C=C/CCCCCCCC. The Morgan fingerprint density at radius 2 is 1.02 bits per heavy atom. The maximum Gasteiger partial charge on any atom is 0.306 e. The van der Waals surface area contributed by atoms with Gasteiger partial charge in [0.1, 0.15) is 12.6 Å². The molecule has 0 aromatic heterocycles. The third-order valence-electron chi connectivity index (χ3n) is 9.73. The lowest BCUT2D eigenvalue weighted by Crippen LogP contribution is -2.55. The minimum absolute atomic E-state index is 0.0292. The first-order chi connectivity index (χ1) is 27.1. The van der Waals surface area contributed by atoms with Gasteiger partial charge in [-0.1, -0.05) is 158 Å². The van der Waals surface area contributed by atoms with Crippen LogP contribution in [0, 0.1) is 0 Å². The molecule has 0 aliphatic carbocycles. The first-order valence-corrected chi connectivity index (χ1v) is 22.4. The van der Waals surface area contributed by atoms with Crippen LogP contribution in [0.1, 0.15) is 174 Å². The highest BCUT2D eigenvalue weighted by atomic mass is 16.6. The van der Waals surface area contributed by atoms with Gasteiger partial charge in [-0.05, 0) is 57.8 Å². The van der Waals surface area contributed by atoms with Crippen LogP contribution in [0.4, 0.5) is 0 Å². The predicted octanol–water partition coefficient (Wildman–Crippen LogP) is 10.9. The first-order valence-electron chi connectivity index (χ1n) is 22.4. The van der Waals surface area contributed by atoms with Crippen molar-refractivity contribution in [1.82, 2.24) is 0 Å². The second-order valence-electron chi connectivity index (χ2n) is 16.0. The highest BCUT2D eigenvalue weighted by molar-refractivity contribution is 5.70. The number of unbranched alkanes of at least 4 members (excludes halogenated alkanes) is 18. The number of carbonyl (C=O) groups is 3. The van der Waals surface area contributed by atoms with Gasteiger partial charge in [0.25, 0.3) is 0 Å². The van der Waals surface area contributed by atoms with E-state index in [9.17, 15) is 19.5 Å². The van der Waals surface area contributed by atoms with Crippen molar-refractivity contribution in [2.45, 2.75) is 187 Å². The van der Waals surface area contributed by atoms with E-state index in [1.807, 2.05) is 30.4 Å². The van der Waals surface area contributed by atoms with Gasteiger partial charge in [0.2, 0.25) is 0 Å². The van der Waals surface area contributed by atoms with Gasteiger partial charge in [-0.2, -0.15) is 0 Å². The lowest BCUT2D eigenvalue weighted by atomic mass is 10.1. The average Bonchev–Trinajstić information content (AvgIpc) is 3.15. The van der Waals surface area contributed by atoms with E-state index in [4.69, 9.17) is 14.2 Å². The fourth-order valence-corrected chi connectivity index (χ4v) is 6.25. The number of ether oxygens (including phenoxy) is 3. The van der Waals surface area contributed by atoms with Crippen LogP contribution in [0.15, 0.2) is 60.8 Å². The van der Waals surface area contributed by atoms with Crippen LogP contribution in [0.5, 0.6) is 0 Å². The number of likely N-dealkylation sites (N-methyl/N-ethyl adjacent to an activating group) is 1. The molecule has 0 amide bonds. The Balaban J connectivity index is 4.38. The average molecular weight is 786 g/mol. The Bertz CT molecular complexity index is 1100. The Labute approximate surface area is 343 Å². The van der Waals surface area contributed by atoms with Gasteiger partial charge in [0, 0.05) is 19.3 Å². The van der Waals surface area contributed by atoms with E-state index in [1.54, 1.807) is 21.1 Å². The second-order valence-corrected chi connectivity index (χ2v) is 16.0. The van der Waals surface area contributed by atoms with E-state index in [1.165, 1.54) is 77.0 Å². The van der Waals surface area contributed by atoms with Crippen molar-refractivity contribution in [2.24, 2.45) is 0 Å². The second kappa shape index (κ2) is 38.9. The monoisotopic (exact) mass is 786 g/mol. The smallest absolute Gasteiger partial charge is 0.306 e. The van der Waals surface area contributed by atoms with Crippen molar-refractivity contribution in [3.63, 3.8) is 0 Å². The molecule has 8 heteroatoms. The molecule has 0 aromatic rings. The molecule has 0 rings (SSSR count). The first kappa shape index (κ1) is 53.0. The van der Waals surface area contributed by atoms with E-state index in [0.29, 0.717) is 12.8 Å². The van der Waals surface area contributed by atoms with Crippen molar-refractivity contribution >= 4 is 17.9 Å². The van der Waals surface area contributed by atoms with Crippen LogP contribution < -0.4 is 5.11 Å². The third-order valence-corrected chi connectivity index (χ3v) is 9.73.